The van der Waals surface area contributed by atoms with E-state index in [0.717, 1.165) is 50.8 Å². The van der Waals surface area contributed by atoms with Crippen molar-refractivity contribution < 1.29 is 4.42 Å². The smallest absolute Gasteiger partial charge is 0.143 e. The van der Waals surface area contributed by atoms with E-state index in [1.54, 1.807) is 0 Å². The molecule has 59 heavy (non-hydrogen) atoms. The van der Waals surface area contributed by atoms with Gasteiger partial charge < -0.3 is 9.32 Å². The molecular weight excluding hydrogens is 735 g/mol. The van der Waals surface area contributed by atoms with E-state index in [2.05, 4.69) is 211 Å². The van der Waals surface area contributed by atoms with Crippen molar-refractivity contribution in [1.82, 2.24) is 0 Å². The summed E-state index contributed by atoms with van der Waals surface area (Å²) in [6.07, 6.45) is 9.92. The van der Waals surface area contributed by atoms with Gasteiger partial charge in [-0.3, -0.25) is 0 Å². The van der Waals surface area contributed by atoms with Crippen LogP contribution in [-0.4, -0.2) is 0 Å². The molecule has 0 amide bonds. The van der Waals surface area contributed by atoms with Crippen LogP contribution >= 0.6 is 11.3 Å². The second-order valence-electron chi connectivity index (χ2n) is 15.7. The Morgan fingerprint density at radius 2 is 1.10 bits per heavy atom. The summed E-state index contributed by atoms with van der Waals surface area (Å²) in [6.45, 7) is 0. The number of hydrogen-bond donors (Lipinski definition) is 0. The minimum Gasteiger partial charge on any atom is -0.455 e. The van der Waals surface area contributed by atoms with Gasteiger partial charge in [0.2, 0.25) is 0 Å². The average Bonchev–Trinajstić information content (AvgIpc) is 3.87. The van der Waals surface area contributed by atoms with Crippen LogP contribution < -0.4 is 4.90 Å². The van der Waals surface area contributed by atoms with E-state index < -0.39 is 0 Å². The Bertz CT molecular complexity index is 3480. The Balaban J connectivity index is 0.971. The van der Waals surface area contributed by atoms with E-state index in [1.165, 1.54) is 64.1 Å². The molecule has 11 aromatic rings. The van der Waals surface area contributed by atoms with Gasteiger partial charge in [0.25, 0.3) is 0 Å². The predicted octanol–water partition coefficient (Wildman–Crippen LogP) is 16.7. The first-order valence-electron chi connectivity index (χ1n) is 20.3. The van der Waals surface area contributed by atoms with Crippen LogP contribution in [-0.2, 0) is 0 Å². The lowest BCUT2D eigenvalue weighted by molar-refractivity contribution is 0.672. The number of allylic oxidation sites excluding steroid dienone is 4. The van der Waals surface area contributed by atoms with Gasteiger partial charge in [-0.25, -0.2) is 0 Å². The number of fused-ring (bicyclic) bond motifs is 9. The highest BCUT2D eigenvalue weighted by Crippen LogP contribution is 2.44. The first-order chi connectivity index (χ1) is 29.2. The normalized spacial score (nSPS) is 14.1. The van der Waals surface area contributed by atoms with Gasteiger partial charge >= 0.3 is 0 Å². The highest BCUT2D eigenvalue weighted by molar-refractivity contribution is 7.25. The summed E-state index contributed by atoms with van der Waals surface area (Å²) < 4.78 is 9.02. The van der Waals surface area contributed by atoms with Crippen molar-refractivity contribution in [3.8, 4) is 22.3 Å². The standard InChI is InChI=1S/C56H37NOS/c1-3-9-36(10-4-1)38-17-23-45(24-18-38)57(46-25-19-41-31-40(15-16-42(41)32-46)37-11-5-2-6-12-37)47-26-30-55-52(35-47)51-34-44(22-29-54(51)59-55)43-21-28-53-50(33-43)49-27-20-39-13-7-8-14-48(39)56(49)58-53/h1-11,13-35,37H,12H2. The predicted molar refractivity (Wildman–Crippen MR) is 253 cm³/mol. The van der Waals surface area contributed by atoms with Gasteiger partial charge in [0.05, 0.1) is 0 Å². The molecule has 0 fully saturated rings. The minimum atomic E-state index is 0.422. The molecule has 1 unspecified atom stereocenters. The average molecular weight is 772 g/mol. The van der Waals surface area contributed by atoms with Gasteiger partial charge in [-0.05, 0) is 123 Å². The first kappa shape index (κ1) is 33.9. The zero-order valence-electron chi connectivity index (χ0n) is 32.2. The number of hydrogen-bond acceptors (Lipinski definition) is 3. The molecule has 1 atom stereocenters. The Labute approximate surface area is 346 Å². The second kappa shape index (κ2) is 13.7. The summed E-state index contributed by atoms with van der Waals surface area (Å²) in [5, 5.41) is 9.65. The van der Waals surface area contributed by atoms with Crippen LogP contribution in [0.5, 0.6) is 0 Å². The number of thiophene rings is 1. The molecule has 0 N–H and O–H groups in total. The maximum Gasteiger partial charge on any atom is 0.143 e. The van der Waals surface area contributed by atoms with Crippen LogP contribution in [0.4, 0.5) is 17.1 Å². The van der Waals surface area contributed by atoms with Crippen LogP contribution in [0.15, 0.2) is 211 Å². The fraction of sp³-hybridized carbons (Fsp3) is 0.0357. The third-order valence-corrected chi connectivity index (χ3v) is 13.3. The molecule has 12 rings (SSSR count). The van der Waals surface area contributed by atoms with Gasteiger partial charge in [-0.15, -0.1) is 11.3 Å². The summed E-state index contributed by atoms with van der Waals surface area (Å²) >= 11 is 1.86. The van der Waals surface area contributed by atoms with Gasteiger partial charge in [-0.2, -0.15) is 0 Å². The molecule has 0 spiro atoms. The lowest BCUT2D eigenvalue weighted by Crippen LogP contribution is -2.09. The quantitative estimate of drug-likeness (QED) is 0.167. The molecule has 1 aliphatic rings. The summed E-state index contributed by atoms with van der Waals surface area (Å²) in [7, 11) is 0. The third-order valence-electron chi connectivity index (χ3n) is 12.2. The molecule has 0 bridgehead atoms. The van der Waals surface area contributed by atoms with Crippen molar-refractivity contribution in [3.63, 3.8) is 0 Å². The molecule has 1 aliphatic carbocycles. The third kappa shape index (κ3) is 5.85. The zero-order valence-corrected chi connectivity index (χ0v) is 33.0. The second-order valence-corrected chi connectivity index (χ2v) is 16.7. The Hall–Kier alpha value is -7.20. The number of rotatable bonds is 6. The van der Waals surface area contributed by atoms with Crippen LogP contribution in [0.1, 0.15) is 17.9 Å². The summed E-state index contributed by atoms with van der Waals surface area (Å²) in [6, 6.07) is 66.8. The van der Waals surface area contributed by atoms with Crippen molar-refractivity contribution in [2.45, 2.75) is 12.3 Å². The summed E-state index contributed by atoms with van der Waals surface area (Å²) in [5.74, 6) is 0.422. The van der Waals surface area contributed by atoms with Crippen molar-refractivity contribution in [2.24, 2.45) is 0 Å². The number of furan rings is 1. The zero-order chi connectivity index (χ0) is 38.9. The van der Waals surface area contributed by atoms with Crippen LogP contribution in [0.25, 0.3) is 85.9 Å². The van der Waals surface area contributed by atoms with Crippen molar-refractivity contribution in [3.05, 3.63) is 212 Å². The molecule has 278 valence electrons. The lowest BCUT2D eigenvalue weighted by atomic mass is 9.91. The summed E-state index contributed by atoms with van der Waals surface area (Å²) in [4.78, 5) is 2.41. The van der Waals surface area contributed by atoms with Crippen molar-refractivity contribution in [2.75, 3.05) is 4.90 Å². The van der Waals surface area contributed by atoms with E-state index in [0.29, 0.717) is 5.92 Å². The topological polar surface area (TPSA) is 16.4 Å². The van der Waals surface area contributed by atoms with Gasteiger partial charge in [0.15, 0.2) is 0 Å². The molecule has 0 saturated heterocycles. The van der Waals surface area contributed by atoms with Crippen molar-refractivity contribution in [1.29, 1.82) is 0 Å². The van der Waals surface area contributed by atoms with Gasteiger partial charge in [-0.1, -0.05) is 133 Å². The largest absolute Gasteiger partial charge is 0.455 e. The monoisotopic (exact) mass is 771 g/mol. The van der Waals surface area contributed by atoms with E-state index in [1.807, 2.05) is 11.3 Å². The molecule has 3 heteroatoms. The lowest BCUT2D eigenvalue weighted by Gasteiger charge is -2.26. The van der Waals surface area contributed by atoms with E-state index in [-0.39, 0.29) is 0 Å². The fourth-order valence-corrected chi connectivity index (χ4v) is 10.2. The molecule has 9 aromatic carbocycles. The molecule has 0 saturated carbocycles. The van der Waals surface area contributed by atoms with Crippen molar-refractivity contribution >= 4 is 92.1 Å². The minimum absolute atomic E-state index is 0.422. The molecule has 0 radical (unpaired) electrons. The number of anilines is 3. The highest BCUT2D eigenvalue weighted by atomic mass is 32.1. The highest BCUT2D eigenvalue weighted by Gasteiger charge is 2.18. The van der Waals surface area contributed by atoms with E-state index in [4.69, 9.17) is 4.42 Å². The Kier molecular flexibility index (Phi) is 7.89. The molecule has 0 aliphatic heterocycles. The van der Waals surface area contributed by atoms with Crippen LogP contribution in [0.3, 0.4) is 0 Å². The van der Waals surface area contributed by atoms with E-state index in [9.17, 15) is 0 Å². The van der Waals surface area contributed by atoms with Gasteiger partial charge in [0, 0.05) is 59.3 Å². The number of nitrogens with zero attached hydrogens (tertiary/aromatic N) is 1. The maximum absolute atomic E-state index is 6.46. The fourth-order valence-electron chi connectivity index (χ4n) is 9.10. The maximum atomic E-state index is 6.46. The van der Waals surface area contributed by atoms with Crippen LogP contribution in [0.2, 0.25) is 0 Å². The SMILES string of the molecule is C1=CCC(c2ccc3cc(N(c4ccc(-c5ccccc5)cc4)c4ccc5sc6ccc(-c7ccc8oc9c%10ccccc%10ccc9c8c7)cc6c5c4)ccc3c2)C=C1. The van der Waals surface area contributed by atoms with Gasteiger partial charge in [0.1, 0.15) is 11.2 Å². The molecule has 2 nitrogen and oxygen atoms in total. The number of benzene rings is 9. The Morgan fingerprint density at radius 1 is 0.441 bits per heavy atom. The molecule has 2 aromatic heterocycles. The molecule has 2 heterocycles. The summed E-state index contributed by atoms with van der Waals surface area (Å²) in [5.41, 5.74) is 11.4. The van der Waals surface area contributed by atoms with E-state index >= 15 is 0 Å². The molecular formula is C56H37NOS. The van der Waals surface area contributed by atoms with Crippen LogP contribution in [0, 0.1) is 0 Å². The Morgan fingerprint density at radius 3 is 1.97 bits per heavy atom. The first-order valence-corrected chi connectivity index (χ1v) is 21.2.